The van der Waals surface area contributed by atoms with Crippen LogP contribution < -0.4 is 0 Å². The van der Waals surface area contributed by atoms with E-state index in [-0.39, 0.29) is 0 Å². The van der Waals surface area contributed by atoms with Crippen LogP contribution in [0.1, 0.15) is 23.1 Å². The van der Waals surface area contributed by atoms with Gasteiger partial charge in [0, 0.05) is 5.69 Å². The number of aromatic amines is 1. The van der Waals surface area contributed by atoms with Crippen molar-refractivity contribution in [3.05, 3.63) is 29.6 Å². The summed E-state index contributed by atoms with van der Waals surface area (Å²) >= 11 is 0. The number of rotatable bonds is 2. The van der Waals surface area contributed by atoms with Crippen LogP contribution in [0.3, 0.4) is 0 Å². The zero-order valence-corrected chi connectivity index (χ0v) is 5.79. The molecule has 2 nitrogen and oxygen atoms in total. The van der Waals surface area contributed by atoms with Crippen molar-refractivity contribution in [2.45, 2.75) is 6.92 Å². The summed E-state index contributed by atoms with van der Waals surface area (Å²) in [5.74, 6) is 0. The van der Waals surface area contributed by atoms with Gasteiger partial charge >= 0.3 is 0 Å². The second-order valence-corrected chi connectivity index (χ2v) is 1.99. The molecule has 0 saturated heterocycles. The smallest absolute Gasteiger partial charge is 0.166 e. The van der Waals surface area contributed by atoms with E-state index in [9.17, 15) is 4.79 Å². The molecule has 0 unspecified atom stereocenters. The van der Waals surface area contributed by atoms with E-state index in [4.69, 9.17) is 0 Å². The van der Waals surface area contributed by atoms with Gasteiger partial charge in [-0.1, -0.05) is 6.08 Å². The normalized spacial score (nSPS) is 10.5. The number of carbonyl (C=O) groups is 1. The highest BCUT2D eigenvalue weighted by molar-refractivity contribution is 5.73. The Balaban J connectivity index is 2.87. The number of carbonyl (C=O) groups excluding carboxylic acids is 1. The summed E-state index contributed by atoms with van der Waals surface area (Å²) in [7, 11) is 0. The van der Waals surface area contributed by atoms with Crippen molar-refractivity contribution in [1.29, 1.82) is 0 Å². The molecular formula is C8H9NO. The number of H-pyrrole nitrogens is 1. The van der Waals surface area contributed by atoms with Gasteiger partial charge in [0.25, 0.3) is 0 Å². The second-order valence-electron chi connectivity index (χ2n) is 1.99. The summed E-state index contributed by atoms with van der Waals surface area (Å²) < 4.78 is 0. The molecule has 0 aromatic carbocycles. The monoisotopic (exact) mass is 135 g/mol. The fraction of sp³-hybridized carbons (Fsp3) is 0.125. The largest absolute Gasteiger partial charge is 0.353 e. The highest BCUT2D eigenvalue weighted by atomic mass is 16.1. The first-order valence-electron chi connectivity index (χ1n) is 3.13. The Morgan fingerprint density at radius 1 is 1.40 bits per heavy atom. The minimum atomic E-state index is 0.619. The third kappa shape index (κ3) is 1.35. The molecule has 1 aromatic heterocycles. The van der Waals surface area contributed by atoms with Crippen molar-refractivity contribution in [3.63, 3.8) is 0 Å². The molecule has 1 heterocycles. The number of hydrogen-bond acceptors (Lipinski definition) is 1. The zero-order valence-electron chi connectivity index (χ0n) is 5.79. The van der Waals surface area contributed by atoms with Gasteiger partial charge in [-0.3, -0.25) is 4.79 Å². The van der Waals surface area contributed by atoms with Crippen LogP contribution in [0.5, 0.6) is 0 Å². The first-order valence-corrected chi connectivity index (χ1v) is 3.13. The Kier molecular flexibility index (Phi) is 2.05. The van der Waals surface area contributed by atoms with Gasteiger partial charge in [0.2, 0.25) is 0 Å². The van der Waals surface area contributed by atoms with Crippen molar-refractivity contribution in [3.8, 4) is 0 Å². The van der Waals surface area contributed by atoms with Crippen molar-refractivity contribution in [1.82, 2.24) is 4.98 Å². The molecule has 0 atom stereocenters. The maximum Gasteiger partial charge on any atom is 0.166 e. The van der Waals surface area contributed by atoms with Gasteiger partial charge in [-0.05, 0) is 25.1 Å². The second kappa shape index (κ2) is 3.01. The van der Waals surface area contributed by atoms with E-state index in [2.05, 4.69) is 4.98 Å². The third-order valence-electron chi connectivity index (χ3n) is 1.20. The van der Waals surface area contributed by atoms with Gasteiger partial charge < -0.3 is 4.98 Å². The molecule has 0 spiro atoms. The van der Waals surface area contributed by atoms with E-state index in [0.717, 1.165) is 12.0 Å². The lowest BCUT2D eigenvalue weighted by atomic mass is 10.4. The Hall–Kier alpha value is -1.31. The van der Waals surface area contributed by atoms with Gasteiger partial charge in [-0.25, -0.2) is 0 Å². The van der Waals surface area contributed by atoms with Crippen LogP contribution in [-0.4, -0.2) is 11.3 Å². The van der Waals surface area contributed by atoms with Crippen LogP contribution in [-0.2, 0) is 0 Å². The summed E-state index contributed by atoms with van der Waals surface area (Å²) in [5.41, 5.74) is 1.58. The maximum atomic E-state index is 10.2. The molecule has 1 aromatic rings. The highest BCUT2D eigenvalue weighted by Crippen LogP contribution is 2.00. The van der Waals surface area contributed by atoms with Crippen LogP contribution in [0, 0.1) is 0 Å². The topological polar surface area (TPSA) is 32.9 Å². The van der Waals surface area contributed by atoms with Crippen molar-refractivity contribution >= 4 is 12.4 Å². The van der Waals surface area contributed by atoms with Gasteiger partial charge in [0.15, 0.2) is 6.29 Å². The van der Waals surface area contributed by atoms with Gasteiger partial charge in [0.05, 0.1) is 5.69 Å². The van der Waals surface area contributed by atoms with E-state index in [1.165, 1.54) is 0 Å². The Labute approximate surface area is 59.6 Å². The first-order chi connectivity index (χ1) is 4.86. The number of aromatic nitrogens is 1. The molecule has 1 N–H and O–H groups in total. The van der Waals surface area contributed by atoms with Gasteiger partial charge in [-0.15, -0.1) is 0 Å². The highest BCUT2D eigenvalue weighted by Gasteiger charge is 1.90. The number of aldehydes is 1. The molecule has 0 radical (unpaired) electrons. The lowest BCUT2D eigenvalue weighted by Crippen LogP contribution is -1.76. The predicted octanol–water partition coefficient (Wildman–Crippen LogP) is 1.86. The van der Waals surface area contributed by atoms with Crippen LogP contribution >= 0.6 is 0 Å². The lowest BCUT2D eigenvalue weighted by Gasteiger charge is -1.81. The van der Waals surface area contributed by atoms with Crippen molar-refractivity contribution in [2.75, 3.05) is 0 Å². The lowest BCUT2D eigenvalue weighted by molar-refractivity contribution is 0.111. The van der Waals surface area contributed by atoms with Crippen LogP contribution in [0.15, 0.2) is 18.2 Å². The molecule has 0 aliphatic heterocycles. The fourth-order valence-electron chi connectivity index (χ4n) is 0.775. The van der Waals surface area contributed by atoms with E-state index in [1.54, 1.807) is 6.07 Å². The molecule has 0 aliphatic rings. The minimum absolute atomic E-state index is 0.619. The summed E-state index contributed by atoms with van der Waals surface area (Å²) in [6, 6.07) is 3.62. The third-order valence-corrected chi connectivity index (χ3v) is 1.20. The molecule has 10 heavy (non-hydrogen) atoms. The number of allylic oxidation sites excluding steroid dienone is 1. The Morgan fingerprint density at radius 2 is 2.10 bits per heavy atom. The Morgan fingerprint density at radius 3 is 2.60 bits per heavy atom. The maximum absolute atomic E-state index is 10.2. The van der Waals surface area contributed by atoms with Gasteiger partial charge in [-0.2, -0.15) is 0 Å². The molecule has 52 valence electrons. The summed E-state index contributed by atoms with van der Waals surface area (Å²) in [4.78, 5) is 13.1. The van der Waals surface area contributed by atoms with Crippen molar-refractivity contribution < 1.29 is 4.79 Å². The molecule has 0 amide bonds. The number of hydrogen-bond donors (Lipinski definition) is 1. The van der Waals surface area contributed by atoms with E-state index in [1.807, 2.05) is 25.1 Å². The molecule has 1 rings (SSSR count). The summed E-state index contributed by atoms with van der Waals surface area (Å²) in [5, 5.41) is 0. The van der Waals surface area contributed by atoms with E-state index in [0.29, 0.717) is 5.69 Å². The van der Waals surface area contributed by atoms with E-state index < -0.39 is 0 Å². The average molecular weight is 135 g/mol. The molecule has 0 saturated carbocycles. The summed E-state index contributed by atoms with van der Waals surface area (Å²) in [6.45, 7) is 1.93. The summed E-state index contributed by atoms with van der Waals surface area (Å²) in [6.07, 6.45) is 4.63. The SMILES string of the molecule is C/C=C/c1ccc(C=O)[nH]1. The molecule has 2 heteroatoms. The standard InChI is InChI=1S/C8H9NO/c1-2-3-7-4-5-8(6-10)9-7/h2-6,9H,1H3/b3-2+. The van der Waals surface area contributed by atoms with E-state index >= 15 is 0 Å². The quantitative estimate of drug-likeness (QED) is 0.617. The molecular weight excluding hydrogens is 126 g/mol. The predicted molar refractivity (Wildman–Crippen MR) is 40.9 cm³/mol. The molecule has 0 aliphatic carbocycles. The fourth-order valence-corrected chi connectivity index (χ4v) is 0.775. The number of nitrogens with one attached hydrogen (secondary N) is 1. The zero-order chi connectivity index (χ0) is 7.40. The van der Waals surface area contributed by atoms with Crippen LogP contribution in [0.4, 0.5) is 0 Å². The molecule has 0 fully saturated rings. The molecule has 0 bridgehead atoms. The average Bonchev–Trinajstić information content (AvgIpc) is 2.37. The minimum Gasteiger partial charge on any atom is -0.353 e. The first kappa shape index (κ1) is 6.81. The van der Waals surface area contributed by atoms with Crippen LogP contribution in [0.25, 0.3) is 6.08 Å². The van der Waals surface area contributed by atoms with Crippen LogP contribution in [0.2, 0.25) is 0 Å². The Bertz CT molecular complexity index is 248. The van der Waals surface area contributed by atoms with Gasteiger partial charge in [0.1, 0.15) is 0 Å². The van der Waals surface area contributed by atoms with Crippen molar-refractivity contribution in [2.24, 2.45) is 0 Å².